The fraction of sp³-hybridized carbons (Fsp3) is 0.263. The summed E-state index contributed by atoms with van der Waals surface area (Å²) in [5.41, 5.74) is 2.99. The number of fused-ring (bicyclic) bond motifs is 2. The minimum atomic E-state index is 0.784. The molecule has 4 rings (SSSR count). The van der Waals surface area contributed by atoms with Crippen molar-refractivity contribution in [2.45, 2.75) is 12.8 Å². The molecule has 0 aromatic heterocycles. The van der Waals surface area contributed by atoms with Crippen LogP contribution in [-0.4, -0.2) is 13.1 Å². The van der Waals surface area contributed by atoms with Crippen LogP contribution >= 0.6 is 0 Å². The summed E-state index contributed by atoms with van der Waals surface area (Å²) in [6.07, 6.45) is 9.36. The zero-order valence-corrected chi connectivity index (χ0v) is 11.6. The molecule has 0 radical (unpaired) electrons. The minimum absolute atomic E-state index is 0.784. The topological polar surface area (TPSA) is 3.24 Å². The molecule has 1 aliphatic heterocycles. The van der Waals surface area contributed by atoms with Crippen molar-refractivity contribution in [1.29, 1.82) is 0 Å². The Hall–Kier alpha value is -2.02. The third kappa shape index (κ3) is 1.94. The van der Waals surface area contributed by atoms with E-state index in [0.29, 0.717) is 0 Å². The number of hydrogen-bond donors (Lipinski definition) is 0. The van der Waals surface area contributed by atoms with Crippen LogP contribution in [0.15, 0.2) is 66.3 Å². The van der Waals surface area contributed by atoms with Crippen molar-refractivity contribution < 1.29 is 0 Å². The number of anilines is 1. The van der Waals surface area contributed by atoms with E-state index in [1.165, 1.54) is 35.8 Å². The fourth-order valence-corrected chi connectivity index (χ4v) is 3.51. The maximum absolute atomic E-state index is 2.55. The lowest BCUT2D eigenvalue weighted by Crippen LogP contribution is -2.36. The molecule has 0 N–H and O–H groups in total. The summed E-state index contributed by atoms with van der Waals surface area (Å²) >= 11 is 0. The minimum Gasteiger partial charge on any atom is -0.367 e. The first-order valence-corrected chi connectivity index (χ1v) is 7.50. The smallest absolute Gasteiger partial charge is 0.0448 e. The van der Waals surface area contributed by atoms with Gasteiger partial charge in [0.25, 0.3) is 0 Å². The zero-order valence-electron chi connectivity index (χ0n) is 11.6. The van der Waals surface area contributed by atoms with Crippen LogP contribution in [0.5, 0.6) is 0 Å². The van der Waals surface area contributed by atoms with E-state index in [2.05, 4.69) is 65.6 Å². The molecule has 20 heavy (non-hydrogen) atoms. The second kappa shape index (κ2) is 4.82. The highest BCUT2D eigenvalue weighted by molar-refractivity contribution is 5.94. The largest absolute Gasteiger partial charge is 0.367 e. The van der Waals surface area contributed by atoms with Gasteiger partial charge in [-0.25, -0.2) is 0 Å². The fourth-order valence-electron chi connectivity index (χ4n) is 3.51. The summed E-state index contributed by atoms with van der Waals surface area (Å²) in [4.78, 5) is 2.55. The number of nitrogens with zero attached hydrogens (tertiary/aromatic N) is 1. The molecular formula is C19H19N. The molecular weight excluding hydrogens is 242 g/mol. The quantitative estimate of drug-likeness (QED) is 0.727. The Labute approximate surface area is 120 Å². The average Bonchev–Trinajstić information content (AvgIpc) is 2.54. The van der Waals surface area contributed by atoms with Crippen molar-refractivity contribution in [2.75, 3.05) is 18.0 Å². The molecule has 1 heteroatoms. The molecule has 1 saturated heterocycles. The van der Waals surface area contributed by atoms with Gasteiger partial charge >= 0.3 is 0 Å². The summed E-state index contributed by atoms with van der Waals surface area (Å²) in [7, 11) is 0. The number of allylic oxidation sites excluding steroid dienone is 3. The van der Waals surface area contributed by atoms with Gasteiger partial charge in [-0.2, -0.15) is 0 Å². The van der Waals surface area contributed by atoms with E-state index in [-0.39, 0.29) is 0 Å². The summed E-state index contributed by atoms with van der Waals surface area (Å²) in [5.74, 6) is 0.784. The molecule has 2 aromatic rings. The van der Waals surface area contributed by atoms with E-state index in [9.17, 15) is 0 Å². The lowest BCUT2D eigenvalue weighted by atomic mass is 9.85. The zero-order chi connectivity index (χ0) is 13.4. The van der Waals surface area contributed by atoms with Crippen molar-refractivity contribution in [1.82, 2.24) is 0 Å². The third-order valence-corrected chi connectivity index (χ3v) is 4.62. The Morgan fingerprint density at radius 2 is 1.90 bits per heavy atom. The van der Waals surface area contributed by atoms with Crippen LogP contribution in [0.1, 0.15) is 12.8 Å². The van der Waals surface area contributed by atoms with Gasteiger partial charge in [0.05, 0.1) is 0 Å². The van der Waals surface area contributed by atoms with Gasteiger partial charge in [0.15, 0.2) is 0 Å². The van der Waals surface area contributed by atoms with Crippen molar-refractivity contribution in [3.63, 3.8) is 0 Å². The van der Waals surface area contributed by atoms with E-state index in [0.717, 1.165) is 12.5 Å². The first-order chi connectivity index (χ1) is 9.92. The van der Waals surface area contributed by atoms with E-state index < -0.39 is 0 Å². The molecule has 0 bridgehead atoms. The average molecular weight is 261 g/mol. The molecule has 1 atom stereocenters. The van der Waals surface area contributed by atoms with Crippen LogP contribution in [0.3, 0.4) is 0 Å². The van der Waals surface area contributed by atoms with Gasteiger partial charge in [-0.3, -0.25) is 0 Å². The highest BCUT2D eigenvalue weighted by Gasteiger charge is 2.24. The predicted molar refractivity (Wildman–Crippen MR) is 86.1 cm³/mol. The highest BCUT2D eigenvalue weighted by atomic mass is 15.1. The Bertz CT molecular complexity index is 690. The summed E-state index contributed by atoms with van der Waals surface area (Å²) in [6.45, 7) is 2.26. The van der Waals surface area contributed by atoms with Gasteiger partial charge in [0.1, 0.15) is 0 Å². The van der Waals surface area contributed by atoms with Crippen LogP contribution in [0, 0.1) is 5.92 Å². The van der Waals surface area contributed by atoms with Crippen molar-refractivity contribution in [3.05, 3.63) is 66.3 Å². The molecule has 1 unspecified atom stereocenters. The summed E-state index contributed by atoms with van der Waals surface area (Å²) < 4.78 is 0. The third-order valence-electron chi connectivity index (χ3n) is 4.62. The second-order valence-electron chi connectivity index (χ2n) is 5.81. The maximum Gasteiger partial charge on any atom is 0.0448 e. The van der Waals surface area contributed by atoms with E-state index in [1.54, 1.807) is 5.57 Å². The van der Waals surface area contributed by atoms with Crippen LogP contribution < -0.4 is 4.90 Å². The Kier molecular flexibility index (Phi) is 2.84. The molecule has 0 spiro atoms. The Balaban J connectivity index is 1.73. The van der Waals surface area contributed by atoms with Crippen molar-refractivity contribution in [2.24, 2.45) is 5.92 Å². The summed E-state index contributed by atoms with van der Waals surface area (Å²) in [6, 6.07) is 15.4. The van der Waals surface area contributed by atoms with E-state index in [1.807, 2.05) is 0 Å². The first-order valence-electron chi connectivity index (χ1n) is 7.50. The van der Waals surface area contributed by atoms with Gasteiger partial charge in [-0.1, -0.05) is 54.6 Å². The van der Waals surface area contributed by atoms with E-state index in [4.69, 9.17) is 0 Å². The van der Waals surface area contributed by atoms with E-state index >= 15 is 0 Å². The molecule has 2 aliphatic rings. The Morgan fingerprint density at radius 3 is 2.90 bits per heavy atom. The molecule has 1 heterocycles. The molecule has 0 saturated carbocycles. The second-order valence-corrected chi connectivity index (χ2v) is 5.81. The van der Waals surface area contributed by atoms with Crippen LogP contribution in [0.2, 0.25) is 0 Å². The number of hydrogen-bond acceptors (Lipinski definition) is 1. The predicted octanol–water partition coefficient (Wildman–Crippen LogP) is 4.55. The van der Waals surface area contributed by atoms with Gasteiger partial charge in [0, 0.05) is 24.2 Å². The number of rotatable bonds is 1. The monoisotopic (exact) mass is 261 g/mol. The van der Waals surface area contributed by atoms with Gasteiger partial charge < -0.3 is 4.90 Å². The highest BCUT2D eigenvalue weighted by Crippen LogP contribution is 2.34. The first kappa shape index (κ1) is 11.8. The molecule has 2 aromatic carbocycles. The number of piperidine rings is 1. The lowest BCUT2D eigenvalue weighted by molar-refractivity contribution is 0.503. The molecule has 1 fully saturated rings. The molecule has 1 nitrogen and oxygen atoms in total. The molecule has 1 aliphatic carbocycles. The van der Waals surface area contributed by atoms with Gasteiger partial charge in [-0.05, 0) is 35.8 Å². The van der Waals surface area contributed by atoms with Crippen LogP contribution in [-0.2, 0) is 0 Å². The molecule has 100 valence electrons. The van der Waals surface area contributed by atoms with Gasteiger partial charge in [0.2, 0.25) is 0 Å². The van der Waals surface area contributed by atoms with Crippen LogP contribution in [0.25, 0.3) is 10.8 Å². The SMILES string of the molecule is C1=CCC2CCN(c3cccc4ccccc34)CC2=C1. The Morgan fingerprint density at radius 1 is 1.00 bits per heavy atom. The maximum atomic E-state index is 2.55. The summed E-state index contributed by atoms with van der Waals surface area (Å²) in [5, 5.41) is 2.71. The normalized spacial score (nSPS) is 21.7. The van der Waals surface area contributed by atoms with Crippen LogP contribution in [0.4, 0.5) is 5.69 Å². The lowest BCUT2D eigenvalue weighted by Gasteiger charge is -2.37. The number of benzene rings is 2. The van der Waals surface area contributed by atoms with Crippen molar-refractivity contribution >= 4 is 16.5 Å². The molecule has 0 amide bonds. The van der Waals surface area contributed by atoms with Gasteiger partial charge in [-0.15, -0.1) is 0 Å². The van der Waals surface area contributed by atoms with Crippen molar-refractivity contribution in [3.8, 4) is 0 Å². The standard InChI is InChI=1S/C19H19N/c1-2-8-17-14-20(13-12-15(17)6-1)19-11-5-9-16-7-3-4-10-18(16)19/h1-5,7-11,15H,6,12-14H2.